The lowest BCUT2D eigenvalue weighted by Crippen LogP contribution is -2.19. The SMILES string of the molecule is CN(C)CCOc1cc(F)cc(-c2ccnc3[nH]c(-c4n[nH]c5ncc(-c6cncc(O)c6)cc45)cc23)c1. The molecule has 5 heterocycles. The van der Waals surface area contributed by atoms with Crippen molar-refractivity contribution in [1.29, 1.82) is 0 Å². The number of H-pyrrole nitrogens is 2. The van der Waals surface area contributed by atoms with E-state index < -0.39 is 0 Å². The van der Waals surface area contributed by atoms with Crippen molar-refractivity contribution in [1.82, 2.24) is 35.0 Å². The van der Waals surface area contributed by atoms with Crippen LogP contribution in [0.2, 0.25) is 0 Å². The Bertz CT molecular complexity index is 1780. The Balaban J connectivity index is 1.40. The minimum absolute atomic E-state index is 0.0767. The molecule has 3 N–H and O–H groups in total. The third kappa shape index (κ3) is 4.53. The smallest absolute Gasteiger partial charge is 0.155 e. The van der Waals surface area contributed by atoms with Gasteiger partial charge in [0.2, 0.25) is 0 Å². The predicted molar refractivity (Wildman–Crippen MR) is 143 cm³/mol. The summed E-state index contributed by atoms with van der Waals surface area (Å²) in [5, 5.41) is 18.9. The molecular formula is C28H24FN7O2. The van der Waals surface area contributed by atoms with Gasteiger partial charge >= 0.3 is 0 Å². The molecule has 38 heavy (non-hydrogen) atoms. The number of aromatic nitrogens is 6. The van der Waals surface area contributed by atoms with Crippen molar-refractivity contribution < 1.29 is 14.2 Å². The van der Waals surface area contributed by atoms with Crippen LogP contribution in [0.5, 0.6) is 11.5 Å². The Morgan fingerprint density at radius 3 is 2.63 bits per heavy atom. The second-order valence-corrected chi connectivity index (χ2v) is 9.26. The minimum atomic E-state index is -0.374. The Labute approximate surface area is 217 Å². The molecule has 0 unspecified atom stereocenters. The summed E-state index contributed by atoms with van der Waals surface area (Å²) in [6.45, 7) is 1.18. The minimum Gasteiger partial charge on any atom is -0.506 e. The zero-order valence-corrected chi connectivity index (χ0v) is 20.7. The predicted octanol–water partition coefficient (Wildman–Crippen LogP) is 5.02. The molecular weight excluding hydrogens is 485 g/mol. The topological polar surface area (TPSA) is 116 Å². The van der Waals surface area contributed by atoms with E-state index >= 15 is 0 Å². The third-order valence-electron chi connectivity index (χ3n) is 6.25. The van der Waals surface area contributed by atoms with Gasteiger partial charge in [0.25, 0.3) is 0 Å². The summed E-state index contributed by atoms with van der Waals surface area (Å²) < 4.78 is 20.3. The Hall–Kier alpha value is -4.83. The van der Waals surface area contributed by atoms with E-state index in [0.29, 0.717) is 34.9 Å². The number of aromatic amines is 2. The van der Waals surface area contributed by atoms with Crippen LogP contribution in [0.1, 0.15) is 0 Å². The summed E-state index contributed by atoms with van der Waals surface area (Å²) in [6, 6.07) is 12.1. The van der Waals surface area contributed by atoms with Crippen LogP contribution in [-0.4, -0.2) is 67.4 Å². The highest BCUT2D eigenvalue weighted by Gasteiger charge is 2.16. The highest BCUT2D eigenvalue weighted by molar-refractivity contribution is 5.99. The van der Waals surface area contributed by atoms with Crippen molar-refractivity contribution in [3.8, 4) is 45.1 Å². The number of pyridine rings is 3. The number of likely N-dealkylation sites (N-methyl/N-ethyl adjacent to an activating group) is 1. The van der Waals surface area contributed by atoms with Gasteiger partial charge in [0.1, 0.15) is 35.3 Å². The number of benzene rings is 1. The van der Waals surface area contributed by atoms with Gasteiger partial charge in [0.05, 0.1) is 11.9 Å². The van der Waals surface area contributed by atoms with Gasteiger partial charge in [-0.1, -0.05) is 0 Å². The van der Waals surface area contributed by atoms with Crippen molar-refractivity contribution in [3.05, 3.63) is 73.1 Å². The van der Waals surface area contributed by atoms with E-state index in [0.717, 1.165) is 39.7 Å². The molecule has 1 aromatic carbocycles. The highest BCUT2D eigenvalue weighted by Crippen LogP contribution is 2.35. The molecule has 0 aliphatic carbocycles. The second-order valence-electron chi connectivity index (χ2n) is 9.26. The molecule has 9 nitrogen and oxygen atoms in total. The molecule has 190 valence electrons. The van der Waals surface area contributed by atoms with Gasteiger partial charge in [-0.05, 0) is 61.6 Å². The van der Waals surface area contributed by atoms with Crippen molar-refractivity contribution in [2.45, 2.75) is 0 Å². The van der Waals surface area contributed by atoms with Gasteiger partial charge in [-0.2, -0.15) is 5.10 Å². The summed E-state index contributed by atoms with van der Waals surface area (Å²) in [5.74, 6) is 0.176. The van der Waals surface area contributed by atoms with E-state index in [-0.39, 0.29) is 11.6 Å². The van der Waals surface area contributed by atoms with Crippen molar-refractivity contribution in [2.24, 2.45) is 0 Å². The van der Waals surface area contributed by atoms with E-state index in [1.807, 2.05) is 43.3 Å². The van der Waals surface area contributed by atoms with Crippen molar-refractivity contribution in [2.75, 3.05) is 27.2 Å². The summed E-state index contributed by atoms with van der Waals surface area (Å²) in [6.07, 6.45) is 6.44. The lowest BCUT2D eigenvalue weighted by Gasteiger charge is -2.12. The molecule has 0 aliphatic rings. The van der Waals surface area contributed by atoms with Gasteiger partial charge in [0.15, 0.2) is 5.65 Å². The van der Waals surface area contributed by atoms with Crippen LogP contribution in [0.15, 0.2) is 67.3 Å². The summed E-state index contributed by atoms with van der Waals surface area (Å²) in [7, 11) is 3.92. The summed E-state index contributed by atoms with van der Waals surface area (Å²) in [4.78, 5) is 18.4. The maximum absolute atomic E-state index is 14.5. The first-order chi connectivity index (χ1) is 18.4. The molecule has 0 amide bonds. The first-order valence-electron chi connectivity index (χ1n) is 12.0. The van der Waals surface area contributed by atoms with Gasteiger partial charge in [-0.15, -0.1) is 0 Å². The quantitative estimate of drug-likeness (QED) is 0.277. The fourth-order valence-corrected chi connectivity index (χ4v) is 4.41. The highest BCUT2D eigenvalue weighted by atomic mass is 19.1. The molecule has 0 saturated carbocycles. The number of aromatic hydroxyl groups is 1. The van der Waals surface area contributed by atoms with E-state index in [9.17, 15) is 9.50 Å². The zero-order valence-electron chi connectivity index (χ0n) is 20.7. The number of hydrogen-bond donors (Lipinski definition) is 3. The van der Waals surface area contributed by atoms with Crippen molar-refractivity contribution in [3.63, 3.8) is 0 Å². The van der Waals surface area contributed by atoms with Crippen LogP contribution in [0.25, 0.3) is 55.7 Å². The normalized spacial score (nSPS) is 11.6. The fourth-order valence-electron chi connectivity index (χ4n) is 4.41. The third-order valence-corrected chi connectivity index (χ3v) is 6.25. The number of fused-ring (bicyclic) bond motifs is 2. The maximum Gasteiger partial charge on any atom is 0.155 e. The molecule has 0 atom stereocenters. The number of rotatable bonds is 7. The first kappa shape index (κ1) is 23.6. The largest absolute Gasteiger partial charge is 0.506 e. The van der Waals surface area contributed by atoms with Crippen LogP contribution in [0.3, 0.4) is 0 Å². The Morgan fingerprint density at radius 1 is 0.921 bits per heavy atom. The molecule has 0 aliphatic heterocycles. The number of ether oxygens (including phenoxy) is 1. The van der Waals surface area contributed by atoms with Gasteiger partial charge in [-0.25, -0.2) is 14.4 Å². The number of nitrogens with one attached hydrogen (secondary N) is 2. The standard InChI is InChI=1S/C28H24FN7O2/c1-36(2)5-6-38-21-9-16(7-19(29)11-21)22-3-4-31-27-23(22)12-25(33-27)26-24-10-18(14-32-28(24)35-34-26)17-8-20(37)15-30-13-17/h3-4,7-15,37H,5-6H2,1-2H3,(H,31,33)(H,32,34,35). The molecule has 0 spiro atoms. The van der Waals surface area contributed by atoms with Gasteiger partial charge in [0, 0.05) is 53.1 Å². The number of halogens is 1. The van der Waals surface area contributed by atoms with Gasteiger partial charge < -0.3 is 19.7 Å². The Kier molecular flexibility index (Phi) is 5.93. The van der Waals surface area contributed by atoms with Crippen LogP contribution >= 0.6 is 0 Å². The monoisotopic (exact) mass is 509 g/mol. The van der Waals surface area contributed by atoms with Crippen molar-refractivity contribution >= 4 is 22.1 Å². The molecule has 10 heteroatoms. The zero-order chi connectivity index (χ0) is 26.2. The summed E-state index contributed by atoms with van der Waals surface area (Å²) in [5.41, 5.74) is 5.70. The van der Waals surface area contributed by atoms with E-state index in [1.165, 1.54) is 18.3 Å². The molecule has 6 rings (SSSR count). The van der Waals surface area contributed by atoms with E-state index in [1.54, 1.807) is 24.7 Å². The number of hydrogen-bond acceptors (Lipinski definition) is 7. The van der Waals surface area contributed by atoms with Gasteiger partial charge in [-0.3, -0.25) is 10.1 Å². The second kappa shape index (κ2) is 9.56. The molecule has 5 aromatic heterocycles. The molecule has 0 fully saturated rings. The molecule has 0 bridgehead atoms. The van der Waals surface area contributed by atoms with Crippen LogP contribution < -0.4 is 4.74 Å². The van der Waals surface area contributed by atoms with Crippen LogP contribution in [-0.2, 0) is 0 Å². The van der Waals surface area contributed by atoms with E-state index in [4.69, 9.17) is 4.74 Å². The average molecular weight is 510 g/mol. The summed E-state index contributed by atoms with van der Waals surface area (Å²) >= 11 is 0. The van der Waals surface area contributed by atoms with Crippen LogP contribution in [0.4, 0.5) is 4.39 Å². The lowest BCUT2D eigenvalue weighted by molar-refractivity contribution is 0.260. The lowest BCUT2D eigenvalue weighted by atomic mass is 10.0. The first-order valence-corrected chi connectivity index (χ1v) is 12.0. The molecule has 6 aromatic rings. The Morgan fingerprint density at radius 2 is 1.79 bits per heavy atom. The fraction of sp³-hybridized carbons (Fsp3) is 0.143. The average Bonchev–Trinajstić information content (AvgIpc) is 3.51. The van der Waals surface area contributed by atoms with Crippen LogP contribution in [0, 0.1) is 5.82 Å². The number of nitrogens with zero attached hydrogens (tertiary/aromatic N) is 5. The molecule has 0 radical (unpaired) electrons. The molecule has 0 saturated heterocycles. The van der Waals surface area contributed by atoms with E-state index in [2.05, 4.69) is 30.1 Å². The maximum atomic E-state index is 14.5.